The van der Waals surface area contributed by atoms with Gasteiger partial charge in [0.15, 0.2) is 5.11 Å². The zero-order valence-electron chi connectivity index (χ0n) is 17.1. The lowest BCUT2D eigenvalue weighted by Gasteiger charge is -2.33. The minimum atomic E-state index is -0.280. The van der Waals surface area contributed by atoms with Crippen molar-refractivity contribution in [3.8, 4) is 0 Å². The summed E-state index contributed by atoms with van der Waals surface area (Å²) in [6, 6.07) is 8.24. The van der Waals surface area contributed by atoms with Crippen LogP contribution in [0.1, 0.15) is 42.8 Å². The molecule has 2 aromatic heterocycles. The number of halogens is 1. The van der Waals surface area contributed by atoms with Crippen molar-refractivity contribution in [2.24, 2.45) is 0 Å². The van der Waals surface area contributed by atoms with Crippen LogP contribution in [0.25, 0.3) is 10.9 Å². The molecule has 0 bridgehead atoms. The van der Waals surface area contributed by atoms with Crippen LogP contribution >= 0.6 is 12.2 Å². The average Bonchev–Trinajstić information content (AvgIpc) is 3.01. The van der Waals surface area contributed by atoms with Crippen LogP contribution in [0.3, 0.4) is 0 Å². The topological polar surface area (TPSA) is 44.0 Å². The van der Waals surface area contributed by atoms with E-state index in [4.69, 9.17) is 17.2 Å². The van der Waals surface area contributed by atoms with E-state index in [0.717, 1.165) is 40.9 Å². The molecule has 0 aliphatic heterocycles. The largest absolute Gasteiger partial charge is 0.362 e. The smallest absolute Gasteiger partial charge is 0.174 e. The highest BCUT2D eigenvalue weighted by molar-refractivity contribution is 7.80. The number of aromatic amines is 1. The van der Waals surface area contributed by atoms with E-state index in [-0.39, 0.29) is 11.9 Å². The Morgan fingerprint density at radius 1 is 1.31 bits per heavy atom. The summed E-state index contributed by atoms with van der Waals surface area (Å²) in [4.78, 5) is 10.2. The van der Waals surface area contributed by atoms with Gasteiger partial charge >= 0.3 is 0 Å². The molecule has 29 heavy (non-hydrogen) atoms. The molecule has 0 radical (unpaired) electrons. The van der Waals surface area contributed by atoms with E-state index in [0.29, 0.717) is 11.5 Å². The highest BCUT2D eigenvalue weighted by atomic mass is 32.1. The summed E-state index contributed by atoms with van der Waals surface area (Å²) < 4.78 is 13.6. The number of rotatable bonds is 7. The number of H-pyrrole nitrogens is 1. The van der Waals surface area contributed by atoms with Crippen LogP contribution in [-0.4, -0.2) is 21.6 Å². The molecule has 6 heteroatoms. The zero-order valence-corrected chi connectivity index (χ0v) is 17.9. The summed E-state index contributed by atoms with van der Waals surface area (Å²) in [7, 11) is 0. The van der Waals surface area contributed by atoms with Gasteiger partial charge in [-0.2, -0.15) is 0 Å². The van der Waals surface area contributed by atoms with Crippen molar-refractivity contribution in [2.75, 3.05) is 11.4 Å². The number of benzene rings is 1. The quantitative estimate of drug-likeness (QED) is 0.386. The van der Waals surface area contributed by atoms with Crippen LogP contribution in [0.5, 0.6) is 0 Å². The third-order valence-corrected chi connectivity index (χ3v) is 5.47. The van der Waals surface area contributed by atoms with Gasteiger partial charge in [0.2, 0.25) is 0 Å². The normalized spacial score (nSPS) is 12.0. The van der Waals surface area contributed by atoms with E-state index in [2.05, 4.69) is 37.7 Å². The van der Waals surface area contributed by atoms with Crippen LogP contribution in [-0.2, 0) is 0 Å². The molecule has 0 aliphatic rings. The molecule has 1 unspecified atom stereocenters. The number of nitrogens with zero attached hydrogens (tertiary/aromatic N) is 2. The molecule has 0 spiro atoms. The fourth-order valence-corrected chi connectivity index (χ4v) is 3.85. The summed E-state index contributed by atoms with van der Waals surface area (Å²) in [6.07, 6.45) is 5.28. The van der Waals surface area contributed by atoms with Gasteiger partial charge in [-0.1, -0.05) is 13.0 Å². The van der Waals surface area contributed by atoms with Crippen molar-refractivity contribution in [1.29, 1.82) is 0 Å². The maximum Gasteiger partial charge on any atom is 0.174 e. The maximum absolute atomic E-state index is 13.6. The minimum absolute atomic E-state index is 0.184. The summed E-state index contributed by atoms with van der Waals surface area (Å²) in [6.45, 7) is 11.0. The predicted molar refractivity (Wildman–Crippen MR) is 123 cm³/mol. The van der Waals surface area contributed by atoms with Gasteiger partial charge in [-0.05, 0) is 74.8 Å². The fraction of sp³-hybridized carbons (Fsp3) is 0.304. The van der Waals surface area contributed by atoms with Crippen LogP contribution in [0.15, 0.2) is 49.2 Å². The number of nitrogens with one attached hydrogen (secondary N) is 2. The molecule has 0 amide bonds. The summed E-state index contributed by atoms with van der Waals surface area (Å²) in [5, 5.41) is 5.04. The maximum atomic E-state index is 13.6. The lowest BCUT2D eigenvalue weighted by molar-refractivity contribution is 0.626. The first-order valence-corrected chi connectivity index (χ1v) is 10.3. The first-order chi connectivity index (χ1) is 14.0. The molecule has 2 N–H and O–H groups in total. The summed E-state index contributed by atoms with van der Waals surface area (Å²) in [5.74, 6) is -0.280. The van der Waals surface area contributed by atoms with E-state index >= 15 is 0 Å². The van der Waals surface area contributed by atoms with Crippen molar-refractivity contribution in [3.63, 3.8) is 0 Å². The van der Waals surface area contributed by atoms with E-state index in [1.165, 1.54) is 17.7 Å². The summed E-state index contributed by atoms with van der Waals surface area (Å²) >= 11 is 5.75. The first-order valence-electron chi connectivity index (χ1n) is 9.85. The Hall–Kier alpha value is -2.73. The average molecular weight is 411 g/mol. The Bertz CT molecular complexity index is 1010. The van der Waals surface area contributed by atoms with Crippen molar-refractivity contribution in [1.82, 2.24) is 15.3 Å². The summed E-state index contributed by atoms with van der Waals surface area (Å²) in [5.41, 5.74) is 5.03. The van der Waals surface area contributed by atoms with Crippen molar-refractivity contribution < 1.29 is 4.39 Å². The van der Waals surface area contributed by atoms with Crippen molar-refractivity contribution in [2.45, 2.75) is 39.7 Å². The predicted octanol–water partition coefficient (Wildman–Crippen LogP) is 5.73. The van der Waals surface area contributed by atoms with Gasteiger partial charge in [-0.15, -0.1) is 6.58 Å². The molecule has 3 aromatic rings. The van der Waals surface area contributed by atoms with E-state index < -0.39 is 0 Å². The second kappa shape index (κ2) is 9.18. The molecule has 2 heterocycles. The van der Waals surface area contributed by atoms with Gasteiger partial charge < -0.3 is 15.2 Å². The Labute approximate surface area is 176 Å². The van der Waals surface area contributed by atoms with Crippen molar-refractivity contribution in [3.05, 3.63) is 72.0 Å². The molecule has 1 aromatic carbocycles. The van der Waals surface area contributed by atoms with Gasteiger partial charge in [0, 0.05) is 29.5 Å². The van der Waals surface area contributed by atoms with Crippen LogP contribution in [0, 0.1) is 19.7 Å². The molecule has 152 valence electrons. The number of aryl methyl sites for hydroxylation is 2. The Kier molecular flexibility index (Phi) is 6.64. The van der Waals surface area contributed by atoms with Gasteiger partial charge in [0.05, 0.1) is 17.3 Å². The van der Waals surface area contributed by atoms with Gasteiger partial charge in [-0.25, -0.2) is 4.39 Å². The van der Waals surface area contributed by atoms with E-state index in [1.54, 1.807) is 12.1 Å². The molecular weight excluding hydrogens is 383 g/mol. The van der Waals surface area contributed by atoms with Gasteiger partial charge in [0.25, 0.3) is 0 Å². The fourth-order valence-electron chi connectivity index (χ4n) is 3.51. The van der Waals surface area contributed by atoms with Crippen LogP contribution in [0.2, 0.25) is 0 Å². The molecule has 0 saturated heterocycles. The van der Waals surface area contributed by atoms with Gasteiger partial charge in [0.1, 0.15) is 5.82 Å². The molecule has 3 rings (SSSR count). The number of pyridine rings is 1. The van der Waals surface area contributed by atoms with E-state index in [1.807, 2.05) is 23.2 Å². The highest BCUT2D eigenvalue weighted by Crippen LogP contribution is 2.34. The molecule has 1 atom stereocenters. The monoisotopic (exact) mass is 410 g/mol. The number of hydrogen-bond acceptors (Lipinski definition) is 2. The van der Waals surface area contributed by atoms with Gasteiger partial charge in [-0.3, -0.25) is 4.98 Å². The highest BCUT2D eigenvalue weighted by Gasteiger charge is 2.27. The zero-order chi connectivity index (χ0) is 21.0. The lowest BCUT2D eigenvalue weighted by Crippen LogP contribution is -2.43. The van der Waals surface area contributed by atoms with E-state index in [9.17, 15) is 4.39 Å². The molecule has 4 nitrogen and oxygen atoms in total. The number of aromatic nitrogens is 2. The molecule has 0 saturated carbocycles. The Balaban J connectivity index is 2.16. The number of hydrogen-bond donors (Lipinski definition) is 2. The SMILES string of the molecule is C=CCC(c1nccc2c(C)c(C)[nH]c12)N(C(=S)NCCC)c1ccc(F)cc1. The number of thiocarbonyl (C=S) groups is 1. The molecule has 0 fully saturated rings. The second-order valence-electron chi connectivity index (χ2n) is 7.11. The number of anilines is 1. The Morgan fingerprint density at radius 2 is 2.03 bits per heavy atom. The first kappa shape index (κ1) is 21.0. The molecular formula is C23H27FN4S. The Morgan fingerprint density at radius 3 is 2.69 bits per heavy atom. The lowest BCUT2D eigenvalue weighted by atomic mass is 10.0. The van der Waals surface area contributed by atoms with Crippen LogP contribution < -0.4 is 10.2 Å². The number of fused-ring (bicyclic) bond motifs is 1. The van der Waals surface area contributed by atoms with Crippen molar-refractivity contribution >= 4 is 33.9 Å². The minimum Gasteiger partial charge on any atom is -0.362 e. The standard InChI is InChI=1S/C23H27FN4S/c1-5-7-20(22-21-19(12-14-25-22)15(3)16(4)27-21)28(23(29)26-13-6-2)18-10-8-17(24)9-11-18/h5,8-12,14,20,27H,1,6-7,13H2,2-4H3,(H,26,29). The van der Waals surface area contributed by atoms with Crippen LogP contribution in [0.4, 0.5) is 10.1 Å². The third-order valence-electron chi connectivity index (χ3n) is 5.13. The third kappa shape index (κ3) is 4.32. The second-order valence-corrected chi connectivity index (χ2v) is 7.50. The molecule has 0 aliphatic carbocycles.